The highest BCUT2D eigenvalue weighted by Gasteiger charge is 2.44. The molecule has 3 rings (SSSR count). The van der Waals surface area contributed by atoms with Gasteiger partial charge in [0.25, 0.3) is 0 Å². The summed E-state index contributed by atoms with van der Waals surface area (Å²) in [7, 11) is 0. The molecule has 1 aliphatic rings. The molecule has 1 aromatic carbocycles. The van der Waals surface area contributed by atoms with Crippen LogP contribution in [0.4, 0.5) is 0 Å². The fraction of sp³-hybridized carbons (Fsp3) is 0.529. The fourth-order valence-corrected chi connectivity index (χ4v) is 2.82. The number of nitrogens with one attached hydrogen (secondary N) is 1. The second kappa shape index (κ2) is 5.76. The fourth-order valence-electron chi connectivity index (χ4n) is 2.82. The van der Waals surface area contributed by atoms with Crippen molar-refractivity contribution in [2.24, 2.45) is 0 Å². The van der Waals surface area contributed by atoms with Gasteiger partial charge in [-0.1, -0.05) is 51.1 Å². The smallest absolute Gasteiger partial charge is 0.241 e. The Labute approximate surface area is 136 Å². The molecule has 0 aliphatic heterocycles. The van der Waals surface area contributed by atoms with E-state index in [0.717, 1.165) is 18.7 Å². The maximum atomic E-state index is 12.3. The number of amides is 1. The Hall–Kier alpha value is -2.24. The van der Waals surface area contributed by atoms with E-state index >= 15 is 0 Å². The molecule has 0 saturated heterocycles. The first-order valence-electron chi connectivity index (χ1n) is 8.00. The van der Waals surface area contributed by atoms with Gasteiger partial charge in [-0.05, 0) is 28.8 Å². The van der Waals surface area contributed by atoms with Crippen molar-refractivity contribution in [1.29, 1.82) is 0 Å². The molecule has 1 aromatic heterocycles. The van der Waals surface area contributed by atoms with E-state index in [2.05, 4.69) is 33.0 Å². The summed E-state index contributed by atoms with van der Waals surface area (Å²) in [4.78, 5) is 12.3. The summed E-state index contributed by atoms with van der Waals surface area (Å²) in [6, 6.07) is 10.4. The summed E-state index contributed by atoms with van der Waals surface area (Å²) in [6.07, 6.45) is 2.24. The van der Waals surface area contributed by atoms with Gasteiger partial charge in [0, 0.05) is 17.4 Å². The Morgan fingerprint density at radius 1 is 1.26 bits per heavy atom. The Bertz CT molecular complexity index is 683. The second-order valence-electron chi connectivity index (χ2n) is 7.33. The van der Waals surface area contributed by atoms with Crippen LogP contribution in [0.1, 0.15) is 45.0 Å². The minimum Gasteiger partial charge on any atom is -0.354 e. The quantitative estimate of drug-likeness (QED) is 0.914. The van der Waals surface area contributed by atoms with Crippen molar-refractivity contribution in [3.05, 3.63) is 41.7 Å². The third-order valence-corrected chi connectivity index (χ3v) is 4.36. The van der Waals surface area contributed by atoms with E-state index in [1.807, 2.05) is 39.0 Å². The zero-order valence-corrected chi connectivity index (χ0v) is 13.9. The van der Waals surface area contributed by atoms with Gasteiger partial charge in [-0.25, -0.2) is 4.68 Å². The number of benzene rings is 1. The number of hydrogen-bond donors (Lipinski definition) is 1. The highest BCUT2D eigenvalue weighted by Crippen LogP contribution is 2.47. The lowest BCUT2D eigenvalue weighted by Gasteiger charge is -2.18. The molecule has 0 radical (unpaired) electrons. The molecule has 0 atom stereocenters. The summed E-state index contributed by atoms with van der Waals surface area (Å²) in [5, 5.41) is 14.7. The van der Waals surface area contributed by atoms with Crippen LogP contribution in [-0.4, -0.2) is 32.7 Å². The van der Waals surface area contributed by atoms with Crippen molar-refractivity contribution < 1.29 is 4.79 Å². The first-order valence-corrected chi connectivity index (χ1v) is 8.00. The van der Waals surface area contributed by atoms with Gasteiger partial charge in [-0.3, -0.25) is 4.79 Å². The molecule has 6 heteroatoms. The van der Waals surface area contributed by atoms with Crippen molar-refractivity contribution in [3.63, 3.8) is 0 Å². The van der Waals surface area contributed by atoms with Gasteiger partial charge in [-0.15, -0.1) is 5.10 Å². The number of tetrazole rings is 1. The van der Waals surface area contributed by atoms with Crippen LogP contribution in [0, 0.1) is 0 Å². The summed E-state index contributed by atoms with van der Waals surface area (Å²) >= 11 is 0. The van der Waals surface area contributed by atoms with Gasteiger partial charge < -0.3 is 5.32 Å². The highest BCUT2D eigenvalue weighted by atomic mass is 16.2. The van der Waals surface area contributed by atoms with E-state index in [1.54, 1.807) is 4.68 Å². The first kappa shape index (κ1) is 15.6. The molecule has 122 valence electrons. The van der Waals surface area contributed by atoms with E-state index in [1.165, 1.54) is 5.56 Å². The lowest BCUT2D eigenvalue weighted by atomic mass is 9.95. The predicted molar refractivity (Wildman–Crippen MR) is 86.9 cm³/mol. The summed E-state index contributed by atoms with van der Waals surface area (Å²) in [5.74, 6) is 0.668. The number of hydrogen-bond acceptors (Lipinski definition) is 4. The predicted octanol–water partition coefficient (Wildman–Crippen LogP) is 1.82. The average molecular weight is 313 g/mol. The van der Waals surface area contributed by atoms with Gasteiger partial charge in [0.05, 0.1) is 0 Å². The van der Waals surface area contributed by atoms with E-state index < -0.39 is 0 Å². The Morgan fingerprint density at radius 3 is 2.57 bits per heavy atom. The van der Waals surface area contributed by atoms with E-state index in [9.17, 15) is 4.79 Å². The van der Waals surface area contributed by atoms with E-state index in [-0.39, 0.29) is 23.3 Å². The number of nitrogens with zero attached hydrogens (tertiary/aromatic N) is 4. The zero-order chi connectivity index (χ0) is 16.5. The largest absolute Gasteiger partial charge is 0.354 e. The van der Waals surface area contributed by atoms with Crippen molar-refractivity contribution in [3.8, 4) is 0 Å². The van der Waals surface area contributed by atoms with Crippen LogP contribution in [0.2, 0.25) is 0 Å². The number of rotatable bonds is 5. The molecular formula is C17H23N5O. The standard InChI is InChI=1S/C17H23N5O/c1-16(2,3)15-19-20-21-22(15)11-14(23)18-12-17(9-10-17)13-7-5-4-6-8-13/h4-8H,9-12H2,1-3H3,(H,18,23). The van der Waals surface area contributed by atoms with Crippen LogP contribution in [-0.2, 0) is 22.2 Å². The van der Waals surface area contributed by atoms with Crippen molar-refractivity contribution in [2.75, 3.05) is 6.54 Å². The summed E-state index contributed by atoms with van der Waals surface area (Å²) in [5.41, 5.74) is 1.23. The molecule has 0 bridgehead atoms. The highest BCUT2D eigenvalue weighted by molar-refractivity contribution is 5.75. The van der Waals surface area contributed by atoms with E-state index in [0.29, 0.717) is 6.54 Å². The lowest BCUT2D eigenvalue weighted by Crippen LogP contribution is -2.35. The lowest BCUT2D eigenvalue weighted by molar-refractivity contribution is -0.122. The second-order valence-corrected chi connectivity index (χ2v) is 7.33. The monoisotopic (exact) mass is 313 g/mol. The Kier molecular flexibility index (Phi) is 3.92. The van der Waals surface area contributed by atoms with Crippen molar-refractivity contribution >= 4 is 5.91 Å². The Morgan fingerprint density at radius 2 is 1.96 bits per heavy atom. The third-order valence-electron chi connectivity index (χ3n) is 4.36. The van der Waals surface area contributed by atoms with Crippen LogP contribution < -0.4 is 5.32 Å². The van der Waals surface area contributed by atoms with Crippen molar-refractivity contribution in [1.82, 2.24) is 25.5 Å². The van der Waals surface area contributed by atoms with Gasteiger partial charge in [-0.2, -0.15) is 0 Å². The minimum absolute atomic E-state index is 0.0509. The van der Waals surface area contributed by atoms with Gasteiger partial charge in [0.2, 0.25) is 5.91 Å². The minimum atomic E-state index is -0.189. The topological polar surface area (TPSA) is 72.7 Å². The van der Waals surface area contributed by atoms with Crippen LogP contribution in [0.3, 0.4) is 0 Å². The molecular weight excluding hydrogens is 290 g/mol. The van der Waals surface area contributed by atoms with Crippen LogP contribution in [0.25, 0.3) is 0 Å². The SMILES string of the molecule is CC(C)(C)c1nnnn1CC(=O)NCC1(c2ccccc2)CC1. The summed E-state index contributed by atoms with van der Waals surface area (Å²) < 4.78 is 1.58. The number of aromatic nitrogens is 4. The molecule has 6 nitrogen and oxygen atoms in total. The molecule has 1 fully saturated rings. The first-order chi connectivity index (χ1) is 10.9. The molecule has 23 heavy (non-hydrogen) atoms. The normalized spacial score (nSPS) is 16.1. The van der Waals surface area contributed by atoms with Crippen LogP contribution >= 0.6 is 0 Å². The molecule has 1 saturated carbocycles. The van der Waals surface area contributed by atoms with E-state index in [4.69, 9.17) is 0 Å². The molecule has 1 amide bonds. The maximum Gasteiger partial charge on any atom is 0.241 e. The molecule has 1 heterocycles. The maximum absolute atomic E-state index is 12.3. The van der Waals surface area contributed by atoms with Crippen LogP contribution in [0.5, 0.6) is 0 Å². The van der Waals surface area contributed by atoms with Gasteiger partial charge >= 0.3 is 0 Å². The molecule has 2 aromatic rings. The van der Waals surface area contributed by atoms with Gasteiger partial charge in [0.1, 0.15) is 6.54 Å². The zero-order valence-electron chi connectivity index (χ0n) is 13.9. The van der Waals surface area contributed by atoms with Gasteiger partial charge in [0.15, 0.2) is 5.82 Å². The van der Waals surface area contributed by atoms with Crippen LogP contribution in [0.15, 0.2) is 30.3 Å². The van der Waals surface area contributed by atoms with Crippen molar-refractivity contribution in [2.45, 2.75) is 51.0 Å². The Balaban J connectivity index is 1.60. The summed E-state index contributed by atoms with van der Waals surface area (Å²) in [6.45, 7) is 6.92. The number of carbonyl (C=O) groups excluding carboxylic acids is 1. The molecule has 1 N–H and O–H groups in total. The number of carbonyl (C=O) groups is 1. The molecule has 0 spiro atoms. The molecule has 1 aliphatic carbocycles. The molecule has 0 unspecified atom stereocenters. The third kappa shape index (κ3) is 3.41. The average Bonchev–Trinajstić information content (AvgIpc) is 3.16.